The topological polar surface area (TPSA) is 106 Å². The summed E-state index contributed by atoms with van der Waals surface area (Å²) in [6.45, 7) is 2.35. The highest BCUT2D eigenvalue weighted by molar-refractivity contribution is 7.22. The van der Waals surface area contributed by atoms with Gasteiger partial charge in [-0.15, -0.1) is 11.3 Å². The summed E-state index contributed by atoms with van der Waals surface area (Å²) < 4.78 is 12.2. The van der Waals surface area contributed by atoms with E-state index in [0.29, 0.717) is 18.8 Å². The third kappa shape index (κ3) is 3.00. The molecule has 0 amide bonds. The molecule has 0 spiro atoms. The second kappa shape index (κ2) is 6.88. The van der Waals surface area contributed by atoms with E-state index in [-0.39, 0.29) is 6.10 Å². The van der Waals surface area contributed by atoms with Crippen LogP contribution in [0.4, 0.5) is 0 Å². The van der Waals surface area contributed by atoms with Crippen molar-refractivity contribution in [2.75, 3.05) is 13.7 Å². The molecule has 3 heterocycles. The molecule has 29 heavy (non-hydrogen) atoms. The smallest absolute Gasteiger partial charge is 0.232 e. The fourth-order valence-electron chi connectivity index (χ4n) is 3.63. The van der Waals surface area contributed by atoms with Crippen molar-refractivity contribution in [2.24, 2.45) is 5.11 Å². The van der Waals surface area contributed by atoms with Crippen molar-refractivity contribution in [2.45, 2.75) is 19.4 Å². The minimum absolute atomic E-state index is 0.129. The third-order valence-corrected chi connectivity index (χ3v) is 6.06. The number of hydrogen-bond acceptors (Lipinski definition) is 7. The van der Waals surface area contributed by atoms with Gasteiger partial charge in [-0.1, -0.05) is 5.11 Å². The van der Waals surface area contributed by atoms with Gasteiger partial charge in [0.2, 0.25) is 5.88 Å². The molecule has 0 N–H and O–H groups in total. The van der Waals surface area contributed by atoms with E-state index >= 15 is 0 Å². The SMILES string of the molecule is COc1cnc2c(-c3nc4ccc5c(c4s3)C[C@@H](CN=[N+]=[N-])O5)cc(C)cc2n1. The standard InChI is InChI=1S/C20H16N6O2S/c1-10-5-13(18-15(6-10)24-17(27-2)9-22-18)20-25-14-3-4-16-12(19(14)29-20)7-11(28-16)8-23-26-21/h3-6,9,11H,7-8H2,1-2H3/t11-/m0/s1. The van der Waals surface area contributed by atoms with Gasteiger partial charge in [-0.05, 0) is 42.3 Å². The summed E-state index contributed by atoms with van der Waals surface area (Å²) in [5, 5.41) is 4.53. The van der Waals surface area contributed by atoms with Gasteiger partial charge in [0.05, 0.1) is 41.1 Å². The van der Waals surface area contributed by atoms with Crippen LogP contribution in [0.5, 0.6) is 11.6 Å². The van der Waals surface area contributed by atoms with Crippen LogP contribution in [-0.2, 0) is 6.42 Å². The minimum atomic E-state index is -0.129. The lowest BCUT2D eigenvalue weighted by Crippen LogP contribution is -2.16. The molecule has 0 saturated heterocycles. The zero-order valence-corrected chi connectivity index (χ0v) is 16.6. The number of aromatic nitrogens is 3. The average Bonchev–Trinajstić information content (AvgIpc) is 3.34. The highest BCUT2D eigenvalue weighted by atomic mass is 32.1. The maximum atomic E-state index is 8.56. The molecule has 0 aliphatic carbocycles. The molecule has 0 fully saturated rings. The largest absolute Gasteiger partial charge is 0.490 e. The second-order valence-corrected chi connectivity index (χ2v) is 7.86. The molecule has 1 aliphatic rings. The Labute approximate surface area is 169 Å². The van der Waals surface area contributed by atoms with Crippen LogP contribution in [0.2, 0.25) is 0 Å². The van der Waals surface area contributed by atoms with Crippen molar-refractivity contribution in [1.82, 2.24) is 15.0 Å². The number of rotatable bonds is 4. The Morgan fingerprint density at radius 1 is 1.31 bits per heavy atom. The molecule has 8 nitrogen and oxygen atoms in total. The number of hydrogen-bond donors (Lipinski definition) is 0. The Morgan fingerprint density at radius 3 is 3.03 bits per heavy atom. The van der Waals surface area contributed by atoms with Gasteiger partial charge in [0.25, 0.3) is 0 Å². The molecule has 0 saturated carbocycles. The van der Waals surface area contributed by atoms with Gasteiger partial charge < -0.3 is 9.47 Å². The van der Waals surface area contributed by atoms with Crippen LogP contribution in [0.1, 0.15) is 11.1 Å². The Hall–Kier alpha value is -3.42. The number of benzene rings is 2. The Balaban J connectivity index is 1.63. The molecule has 144 valence electrons. The van der Waals surface area contributed by atoms with Crippen LogP contribution in [0.3, 0.4) is 0 Å². The number of fused-ring (bicyclic) bond motifs is 4. The van der Waals surface area contributed by atoms with E-state index < -0.39 is 0 Å². The van der Waals surface area contributed by atoms with Gasteiger partial charge >= 0.3 is 0 Å². The van der Waals surface area contributed by atoms with Crippen molar-refractivity contribution in [3.8, 4) is 22.2 Å². The number of thiazole rings is 1. The molecule has 0 radical (unpaired) electrons. The number of azide groups is 1. The number of methoxy groups -OCH3 is 1. The first-order chi connectivity index (χ1) is 14.2. The van der Waals surface area contributed by atoms with E-state index in [1.54, 1.807) is 24.6 Å². The molecule has 5 rings (SSSR count). The zero-order chi connectivity index (χ0) is 20.0. The Bertz CT molecular complexity index is 1310. The number of aryl methyl sites for hydroxylation is 1. The van der Waals surface area contributed by atoms with Crippen LogP contribution in [0.25, 0.3) is 42.3 Å². The minimum Gasteiger partial charge on any atom is -0.490 e. The van der Waals surface area contributed by atoms with E-state index in [9.17, 15) is 0 Å². The van der Waals surface area contributed by atoms with E-state index in [0.717, 1.165) is 48.7 Å². The summed E-state index contributed by atoms with van der Waals surface area (Å²) >= 11 is 1.62. The Morgan fingerprint density at radius 2 is 2.21 bits per heavy atom. The molecule has 9 heteroatoms. The van der Waals surface area contributed by atoms with Crippen LogP contribution in [0, 0.1) is 6.92 Å². The maximum absolute atomic E-state index is 8.56. The molecule has 2 aromatic carbocycles. The first-order valence-corrected chi connectivity index (χ1v) is 9.89. The summed E-state index contributed by atoms with van der Waals surface area (Å²) in [7, 11) is 1.58. The molecule has 1 aliphatic heterocycles. The molecule has 0 unspecified atom stereocenters. The lowest BCUT2D eigenvalue weighted by atomic mass is 10.1. The van der Waals surface area contributed by atoms with E-state index in [4.69, 9.17) is 20.0 Å². The molecular formula is C20H16N6O2S. The van der Waals surface area contributed by atoms with Crippen LogP contribution in [0.15, 0.2) is 35.6 Å². The highest BCUT2D eigenvalue weighted by Gasteiger charge is 2.26. The van der Waals surface area contributed by atoms with E-state index in [2.05, 4.69) is 26.1 Å². The fraction of sp³-hybridized carbons (Fsp3) is 0.250. The summed E-state index contributed by atoms with van der Waals surface area (Å²) in [4.78, 5) is 16.8. The zero-order valence-electron chi connectivity index (χ0n) is 15.8. The monoisotopic (exact) mass is 404 g/mol. The number of ether oxygens (including phenoxy) is 2. The predicted octanol–water partition coefficient (Wildman–Crippen LogP) is 4.84. The highest BCUT2D eigenvalue weighted by Crippen LogP contribution is 2.41. The molecule has 0 bridgehead atoms. The molecule has 1 atom stereocenters. The summed E-state index contributed by atoms with van der Waals surface area (Å²) in [5.41, 5.74) is 14.2. The Kier molecular flexibility index (Phi) is 4.19. The summed E-state index contributed by atoms with van der Waals surface area (Å²) in [6.07, 6.45) is 2.20. The average molecular weight is 404 g/mol. The van der Waals surface area contributed by atoms with Crippen LogP contribution >= 0.6 is 11.3 Å². The van der Waals surface area contributed by atoms with Crippen molar-refractivity contribution in [1.29, 1.82) is 0 Å². The lowest BCUT2D eigenvalue weighted by molar-refractivity contribution is 0.241. The van der Waals surface area contributed by atoms with Gasteiger partial charge in [0.15, 0.2) is 0 Å². The second-order valence-electron chi connectivity index (χ2n) is 6.86. The summed E-state index contributed by atoms with van der Waals surface area (Å²) in [6, 6.07) is 7.99. The van der Waals surface area contributed by atoms with E-state index in [1.807, 2.05) is 25.1 Å². The molecule has 4 aromatic rings. The lowest BCUT2D eigenvalue weighted by Gasteiger charge is -2.06. The maximum Gasteiger partial charge on any atom is 0.232 e. The predicted molar refractivity (Wildman–Crippen MR) is 112 cm³/mol. The molecular weight excluding hydrogens is 388 g/mol. The van der Waals surface area contributed by atoms with Crippen LogP contribution < -0.4 is 9.47 Å². The van der Waals surface area contributed by atoms with Gasteiger partial charge in [-0.3, -0.25) is 0 Å². The van der Waals surface area contributed by atoms with Crippen molar-refractivity contribution >= 4 is 32.6 Å². The van der Waals surface area contributed by atoms with Gasteiger partial charge in [-0.2, -0.15) is 0 Å². The van der Waals surface area contributed by atoms with Gasteiger partial charge in [0.1, 0.15) is 16.9 Å². The van der Waals surface area contributed by atoms with Gasteiger partial charge in [-0.25, -0.2) is 15.0 Å². The summed E-state index contributed by atoms with van der Waals surface area (Å²) in [5.74, 6) is 1.32. The van der Waals surface area contributed by atoms with Crippen molar-refractivity contribution < 1.29 is 9.47 Å². The van der Waals surface area contributed by atoms with Gasteiger partial charge in [0, 0.05) is 22.5 Å². The third-order valence-electron chi connectivity index (χ3n) is 4.90. The van der Waals surface area contributed by atoms with Crippen LogP contribution in [-0.4, -0.2) is 34.7 Å². The van der Waals surface area contributed by atoms with Crippen molar-refractivity contribution in [3.05, 3.63) is 52.0 Å². The van der Waals surface area contributed by atoms with Crippen molar-refractivity contribution in [3.63, 3.8) is 0 Å². The van der Waals surface area contributed by atoms with E-state index in [1.165, 1.54) is 0 Å². The normalized spacial score (nSPS) is 15.2. The first kappa shape index (κ1) is 17.7. The molecule has 2 aromatic heterocycles. The fourth-order valence-corrected chi connectivity index (χ4v) is 4.76. The number of nitrogens with zero attached hydrogens (tertiary/aromatic N) is 6. The first-order valence-electron chi connectivity index (χ1n) is 9.08. The quantitative estimate of drug-likeness (QED) is 0.275.